The molecule has 10 heteroatoms. The Bertz CT molecular complexity index is 1390. The Morgan fingerprint density at radius 2 is 1.76 bits per heavy atom. The van der Waals surface area contributed by atoms with Gasteiger partial charge in [-0.3, -0.25) is 14.9 Å². The number of aromatic nitrogens is 5. The summed E-state index contributed by atoms with van der Waals surface area (Å²) in [6.07, 6.45) is 4.91. The van der Waals surface area contributed by atoms with Crippen molar-refractivity contribution in [3.8, 4) is 40.4 Å². The van der Waals surface area contributed by atoms with E-state index < -0.39 is 5.41 Å². The number of anilines is 1. The van der Waals surface area contributed by atoms with Crippen LogP contribution in [-0.2, 0) is 10.2 Å². The summed E-state index contributed by atoms with van der Waals surface area (Å²) in [6, 6.07) is 13.9. The van der Waals surface area contributed by atoms with Crippen LogP contribution in [0.2, 0.25) is 0 Å². The van der Waals surface area contributed by atoms with Gasteiger partial charge < -0.3 is 14.5 Å². The van der Waals surface area contributed by atoms with Gasteiger partial charge in [0.25, 0.3) is 5.89 Å². The van der Waals surface area contributed by atoms with Crippen molar-refractivity contribution in [1.82, 2.24) is 30.0 Å². The van der Waals surface area contributed by atoms with E-state index in [1.165, 1.54) is 0 Å². The van der Waals surface area contributed by atoms with Crippen molar-refractivity contribution < 1.29 is 9.15 Å². The molecule has 1 fully saturated rings. The van der Waals surface area contributed by atoms with Crippen LogP contribution in [0, 0.1) is 11.3 Å². The highest BCUT2D eigenvalue weighted by Gasteiger charge is 2.22. The smallest absolute Gasteiger partial charge is 0.268 e. The average molecular weight is 497 g/mol. The second kappa shape index (κ2) is 10.8. The van der Waals surface area contributed by atoms with Gasteiger partial charge in [-0.05, 0) is 50.2 Å². The number of nitrogens with one attached hydrogen (secondary N) is 1. The third kappa shape index (κ3) is 5.80. The molecule has 1 aromatic carbocycles. The van der Waals surface area contributed by atoms with Gasteiger partial charge in [0.15, 0.2) is 0 Å². The van der Waals surface area contributed by atoms with Crippen molar-refractivity contribution in [2.24, 2.45) is 0 Å². The van der Waals surface area contributed by atoms with E-state index >= 15 is 0 Å². The Morgan fingerprint density at radius 3 is 2.54 bits per heavy atom. The van der Waals surface area contributed by atoms with Crippen LogP contribution < -0.4 is 5.32 Å². The predicted molar refractivity (Wildman–Crippen MR) is 138 cm³/mol. The molecule has 1 N–H and O–H groups in total. The number of morpholine rings is 1. The molecule has 1 saturated heterocycles. The summed E-state index contributed by atoms with van der Waals surface area (Å²) in [6.45, 7) is 9.09. The third-order valence-electron chi connectivity index (χ3n) is 6.25. The van der Waals surface area contributed by atoms with Crippen LogP contribution in [0.25, 0.3) is 34.3 Å². The summed E-state index contributed by atoms with van der Waals surface area (Å²) in [5.41, 5.74) is 3.71. The van der Waals surface area contributed by atoms with Crippen LogP contribution in [0.4, 0.5) is 5.69 Å². The number of ether oxygens (including phenoxy) is 1. The zero-order valence-electron chi connectivity index (χ0n) is 20.9. The van der Waals surface area contributed by atoms with E-state index in [9.17, 15) is 5.26 Å². The van der Waals surface area contributed by atoms with Crippen LogP contribution in [0.5, 0.6) is 0 Å². The molecule has 5 rings (SSSR count). The zero-order chi connectivity index (χ0) is 25.7. The van der Waals surface area contributed by atoms with Gasteiger partial charge >= 0.3 is 0 Å². The van der Waals surface area contributed by atoms with E-state index in [1.54, 1.807) is 18.6 Å². The SMILES string of the molecule is CC(C)(C#N)c1cc(-c2cncc(-c3nnc(-c4ccc(NCCN5CCOCC5)cc4)o3)n2)ccn1. The van der Waals surface area contributed by atoms with Crippen molar-refractivity contribution >= 4 is 5.69 Å². The molecule has 0 saturated carbocycles. The number of hydrogen-bond acceptors (Lipinski definition) is 10. The highest BCUT2D eigenvalue weighted by Crippen LogP contribution is 2.27. The standard InChI is InChI=1S/C27H28N8O2/c1-27(2,18-28)24-15-20(7-8-31-24)22-16-29-17-23(32-22)26-34-33-25(37-26)19-3-5-21(6-4-19)30-9-10-35-11-13-36-14-12-35/h3-8,15-17,30H,9-14H2,1-2H3. The molecule has 0 spiro atoms. The van der Waals surface area contributed by atoms with Crippen molar-refractivity contribution in [2.45, 2.75) is 19.3 Å². The number of nitrogens with zero attached hydrogens (tertiary/aromatic N) is 7. The summed E-state index contributed by atoms with van der Waals surface area (Å²) in [5, 5.41) is 21.3. The normalized spacial score (nSPS) is 14.3. The quantitative estimate of drug-likeness (QED) is 0.385. The average Bonchev–Trinajstić information content (AvgIpc) is 3.45. The molecule has 0 bridgehead atoms. The van der Waals surface area contributed by atoms with Crippen LogP contribution in [-0.4, -0.2) is 69.4 Å². The molecular weight excluding hydrogens is 468 g/mol. The Balaban J connectivity index is 1.27. The topological polar surface area (TPSA) is 126 Å². The van der Waals surface area contributed by atoms with Crippen LogP contribution in [0.15, 0.2) is 59.4 Å². The number of rotatable bonds is 8. The Morgan fingerprint density at radius 1 is 1.00 bits per heavy atom. The lowest BCUT2D eigenvalue weighted by molar-refractivity contribution is 0.0398. The third-order valence-corrected chi connectivity index (χ3v) is 6.25. The molecule has 1 aliphatic rings. The fourth-order valence-corrected chi connectivity index (χ4v) is 3.95. The lowest BCUT2D eigenvalue weighted by Gasteiger charge is -2.26. The molecule has 1 aliphatic heterocycles. The van der Waals surface area contributed by atoms with Gasteiger partial charge in [0, 0.05) is 49.2 Å². The molecule has 3 aromatic heterocycles. The van der Waals surface area contributed by atoms with Crippen LogP contribution in [0.3, 0.4) is 0 Å². The lowest BCUT2D eigenvalue weighted by atomic mass is 9.90. The van der Waals surface area contributed by atoms with E-state index in [1.807, 2.05) is 50.2 Å². The van der Waals surface area contributed by atoms with E-state index in [2.05, 4.69) is 41.4 Å². The van der Waals surface area contributed by atoms with Crippen molar-refractivity contribution in [3.05, 3.63) is 60.7 Å². The van der Waals surface area contributed by atoms with Gasteiger partial charge in [0.2, 0.25) is 5.89 Å². The maximum absolute atomic E-state index is 9.45. The van der Waals surface area contributed by atoms with E-state index in [0.717, 1.165) is 56.2 Å². The van der Waals surface area contributed by atoms with Crippen molar-refractivity contribution in [1.29, 1.82) is 5.26 Å². The second-order valence-corrected chi connectivity index (χ2v) is 9.33. The molecule has 10 nitrogen and oxygen atoms in total. The van der Waals surface area contributed by atoms with E-state index in [4.69, 9.17) is 9.15 Å². The maximum Gasteiger partial charge on any atom is 0.268 e. The van der Waals surface area contributed by atoms with Crippen LogP contribution in [0.1, 0.15) is 19.5 Å². The summed E-state index contributed by atoms with van der Waals surface area (Å²) >= 11 is 0. The van der Waals surface area contributed by atoms with Gasteiger partial charge in [0.1, 0.15) is 5.69 Å². The molecule has 0 amide bonds. The van der Waals surface area contributed by atoms with Gasteiger partial charge in [-0.25, -0.2) is 4.98 Å². The molecule has 0 aliphatic carbocycles. The highest BCUT2D eigenvalue weighted by molar-refractivity contribution is 5.63. The molecule has 37 heavy (non-hydrogen) atoms. The Labute approximate surface area is 215 Å². The lowest BCUT2D eigenvalue weighted by Crippen LogP contribution is -2.38. The van der Waals surface area contributed by atoms with E-state index in [-0.39, 0.29) is 5.89 Å². The largest absolute Gasteiger partial charge is 0.415 e. The minimum Gasteiger partial charge on any atom is -0.415 e. The molecule has 0 radical (unpaired) electrons. The first-order valence-electron chi connectivity index (χ1n) is 12.2. The van der Waals surface area contributed by atoms with Gasteiger partial charge in [0.05, 0.1) is 48.5 Å². The summed E-state index contributed by atoms with van der Waals surface area (Å²) in [5.74, 6) is 0.688. The maximum atomic E-state index is 9.45. The molecule has 0 atom stereocenters. The van der Waals surface area contributed by atoms with Gasteiger partial charge in [-0.2, -0.15) is 5.26 Å². The Kier molecular flexibility index (Phi) is 7.16. The number of nitriles is 1. The molecule has 4 aromatic rings. The number of hydrogen-bond donors (Lipinski definition) is 1. The highest BCUT2D eigenvalue weighted by atomic mass is 16.5. The summed E-state index contributed by atoms with van der Waals surface area (Å²) in [7, 11) is 0. The fourth-order valence-electron chi connectivity index (χ4n) is 3.95. The number of benzene rings is 1. The minimum absolute atomic E-state index is 0.281. The van der Waals surface area contributed by atoms with Gasteiger partial charge in [-0.1, -0.05) is 0 Å². The van der Waals surface area contributed by atoms with Gasteiger partial charge in [-0.15, -0.1) is 10.2 Å². The minimum atomic E-state index is -0.712. The van der Waals surface area contributed by atoms with Crippen molar-refractivity contribution in [2.75, 3.05) is 44.7 Å². The van der Waals surface area contributed by atoms with E-state index in [0.29, 0.717) is 23.0 Å². The number of pyridine rings is 1. The molecular formula is C27H28N8O2. The molecule has 0 unspecified atom stereocenters. The molecule has 4 heterocycles. The Hall–Kier alpha value is -4.20. The first-order valence-corrected chi connectivity index (χ1v) is 12.2. The first-order chi connectivity index (χ1) is 18.0. The monoisotopic (exact) mass is 496 g/mol. The van der Waals surface area contributed by atoms with Crippen molar-refractivity contribution in [3.63, 3.8) is 0 Å². The first kappa shape index (κ1) is 24.5. The fraction of sp³-hybridized carbons (Fsp3) is 0.333. The molecule has 188 valence electrons. The summed E-state index contributed by atoms with van der Waals surface area (Å²) in [4.78, 5) is 15.7. The van der Waals surface area contributed by atoms with Crippen LogP contribution >= 0.6 is 0 Å². The zero-order valence-corrected chi connectivity index (χ0v) is 20.9. The second-order valence-electron chi connectivity index (χ2n) is 9.33. The summed E-state index contributed by atoms with van der Waals surface area (Å²) < 4.78 is 11.3. The predicted octanol–water partition coefficient (Wildman–Crippen LogP) is 3.80.